The van der Waals surface area contributed by atoms with Crippen LogP contribution in [0.25, 0.3) is 0 Å². The highest BCUT2D eigenvalue weighted by molar-refractivity contribution is 5.43. The molecule has 2 rings (SSSR count). The van der Waals surface area contributed by atoms with Crippen LogP contribution in [-0.2, 0) is 0 Å². The van der Waals surface area contributed by atoms with Crippen LogP contribution in [0.1, 0.15) is 51.6 Å². The lowest BCUT2D eigenvalue weighted by atomic mass is 9.91. The Labute approximate surface area is 129 Å². The van der Waals surface area contributed by atoms with E-state index in [1.165, 1.54) is 18.4 Å². The molecule has 3 nitrogen and oxygen atoms in total. The summed E-state index contributed by atoms with van der Waals surface area (Å²) < 4.78 is 10.7. The highest BCUT2D eigenvalue weighted by Gasteiger charge is 2.45. The lowest BCUT2D eigenvalue weighted by Gasteiger charge is -2.25. The Morgan fingerprint density at radius 1 is 1.14 bits per heavy atom. The van der Waals surface area contributed by atoms with Crippen molar-refractivity contribution in [1.82, 2.24) is 5.32 Å². The standard InChI is InChI=1S/C18H29NO2/c1-6-15(19-12-18(9-10-18)13(2)3)14-7-8-16(20-4)17(11-14)21-5/h7-8,11,13,15,19H,6,9-10,12H2,1-5H3. The van der Waals surface area contributed by atoms with Crippen LogP contribution in [0.4, 0.5) is 0 Å². The fourth-order valence-corrected chi connectivity index (χ4v) is 3.01. The van der Waals surface area contributed by atoms with Gasteiger partial charge in [0.05, 0.1) is 14.2 Å². The quantitative estimate of drug-likeness (QED) is 0.779. The summed E-state index contributed by atoms with van der Waals surface area (Å²) in [6, 6.07) is 6.60. The predicted molar refractivity (Wildman–Crippen MR) is 87.1 cm³/mol. The average Bonchev–Trinajstić information content (AvgIpc) is 3.29. The molecule has 0 aliphatic heterocycles. The molecule has 1 fully saturated rings. The topological polar surface area (TPSA) is 30.5 Å². The Kier molecular flexibility index (Phi) is 5.15. The van der Waals surface area contributed by atoms with Gasteiger partial charge < -0.3 is 14.8 Å². The molecule has 0 spiro atoms. The Morgan fingerprint density at radius 2 is 1.81 bits per heavy atom. The lowest BCUT2D eigenvalue weighted by molar-refractivity contribution is 0.317. The van der Waals surface area contributed by atoms with Crippen molar-refractivity contribution in [3.8, 4) is 11.5 Å². The number of nitrogens with one attached hydrogen (secondary N) is 1. The third-order valence-electron chi connectivity index (χ3n) is 5.04. The minimum absolute atomic E-state index is 0.376. The molecule has 0 aromatic heterocycles. The Bertz CT molecular complexity index is 466. The average molecular weight is 291 g/mol. The van der Waals surface area contributed by atoms with E-state index in [2.05, 4.69) is 38.2 Å². The van der Waals surface area contributed by atoms with Gasteiger partial charge in [0.15, 0.2) is 11.5 Å². The van der Waals surface area contributed by atoms with Crippen molar-refractivity contribution >= 4 is 0 Å². The third kappa shape index (κ3) is 3.52. The van der Waals surface area contributed by atoms with E-state index in [-0.39, 0.29) is 0 Å². The van der Waals surface area contributed by atoms with Crippen molar-refractivity contribution < 1.29 is 9.47 Å². The minimum Gasteiger partial charge on any atom is -0.493 e. The molecule has 3 heteroatoms. The first-order chi connectivity index (χ1) is 10.1. The molecular weight excluding hydrogens is 262 g/mol. The van der Waals surface area contributed by atoms with E-state index in [0.29, 0.717) is 11.5 Å². The Hall–Kier alpha value is -1.22. The van der Waals surface area contributed by atoms with Crippen LogP contribution in [0.2, 0.25) is 0 Å². The molecule has 1 unspecified atom stereocenters. The predicted octanol–water partition coefficient (Wildman–Crippen LogP) is 4.18. The van der Waals surface area contributed by atoms with Crippen LogP contribution in [-0.4, -0.2) is 20.8 Å². The van der Waals surface area contributed by atoms with Gasteiger partial charge in [-0.3, -0.25) is 0 Å². The molecule has 1 saturated carbocycles. The summed E-state index contributed by atoms with van der Waals surface area (Å²) in [5.41, 5.74) is 1.80. The van der Waals surface area contributed by atoms with Gasteiger partial charge in [-0.15, -0.1) is 0 Å². The number of rotatable bonds is 8. The summed E-state index contributed by atoms with van der Waals surface area (Å²) in [6.45, 7) is 8.01. The molecule has 0 heterocycles. The van der Waals surface area contributed by atoms with Crippen LogP contribution < -0.4 is 14.8 Å². The molecule has 1 aromatic rings. The van der Waals surface area contributed by atoms with Gasteiger partial charge in [0, 0.05) is 12.6 Å². The lowest BCUT2D eigenvalue weighted by Crippen LogP contribution is -2.30. The number of benzene rings is 1. The van der Waals surface area contributed by atoms with Crippen LogP contribution in [0.5, 0.6) is 11.5 Å². The van der Waals surface area contributed by atoms with Crippen LogP contribution in [0, 0.1) is 11.3 Å². The van der Waals surface area contributed by atoms with E-state index >= 15 is 0 Å². The number of ether oxygens (including phenoxy) is 2. The second-order valence-corrected chi connectivity index (χ2v) is 6.47. The van der Waals surface area contributed by atoms with E-state index in [0.717, 1.165) is 30.4 Å². The third-order valence-corrected chi connectivity index (χ3v) is 5.04. The van der Waals surface area contributed by atoms with E-state index in [1.54, 1.807) is 14.2 Å². The number of methoxy groups -OCH3 is 2. The summed E-state index contributed by atoms with van der Waals surface area (Å²) in [5.74, 6) is 2.35. The van der Waals surface area contributed by atoms with Crippen molar-refractivity contribution in [2.75, 3.05) is 20.8 Å². The zero-order valence-electron chi connectivity index (χ0n) is 14.0. The minimum atomic E-state index is 0.376. The van der Waals surface area contributed by atoms with Crippen LogP contribution in [0.15, 0.2) is 18.2 Å². The van der Waals surface area contributed by atoms with Crippen molar-refractivity contribution in [2.24, 2.45) is 11.3 Å². The van der Waals surface area contributed by atoms with Gasteiger partial charge >= 0.3 is 0 Å². The normalized spacial score (nSPS) is 17.6. The highest BCUT2D eigenvalue weighted by atomic mass is 16.5. The van der Waals surface area contributed by atoms with E-state index < -0.39 is 0 Å². The fraction of sp³-hybridized carbons (Fsp3) is 0.667. The molecule has 1 aliphatic rings. The van der Waals surface area contributed by atoms with Gasteiger partial charge in [0.2, 0.25) is 0 Å². The molecule has 1 N–H and O–H groups in total. The Balaban J connectivity index is 2.07. The van der Waals surface area contributed by atoms with Crippen molar-refractivity contribution in [3.63, 3.8) is 0 Å². The van der Waals surface area contributed by atoms with Gasteiger partial charge in [0.25, 0.3) is 0 Å². The van der Waals surface area contributed by atoms with Gasteiger partial charge in [-0.1, -0.05) is 26.8 Å². The number of hydrogen-bond donors (Lipinski definition) is 1. The van der Waals surface area contributed by atoms with Gasteiger partial charge in [-0.25, -0.2) is 0 Å². The van der Waals surface area contributed by atoms with Crippen LogP contribution in [0.3, 0.4) is 0 Å². The molecule has 118 valence electrons. The number of hydrogen-bond acceptors (Lipinski definition) is 3. The highest BCUT2D eigenvalue weighted by Crippen LogP contribution is 2.51. The summed E-state index contributed by atoms with van der Waals surface area (Å²) in [6.07, 6.45) is 3.80. The molecule has 1 aromatic carbocycles. The van der Waals surface area contributed by atoms with E-state index in [1.807, 2.05) is 6.07 Å². The molecule has 0 bridgehead atoms. The largest absolute Gasteiger partial charge is 0.493 e. The zero-order chi connectivity index (χ0) is 15.5. The maximum Gasteiger partial charge on any atom is 0.161 e. The first-order valence-corrected chi connectivity index (χ1v) is 8.01. The maximum absolute atomic E-state index is 5.41. The fourth-order valence-electron chi connectivity index (χ4n) is 3.01. The van der Waals surface area contributed by atoms with E-state index in [4.69, 9.17) is 9.47 Å². The maximum atomic E-state index is 5.41. The Morgan fingerprint density at radius 3 is 2.29 bits per heavy atom. The first-order valence-electron chi connectivity index (χ1n) is 8.01. The molecule has 21 heavy (non-hydrogen) atoms. The first kappa shape index (κ1) is 16.2. The second-order valence-electron chi connectivity index (χ2n) is 6.47. The molecular formula is C18H29NO2. The van der Waals surface area contributed by atoms with E-state index in [9.17, 15) is 0 Å². The van der Waals surface area contributed by atoms with Gasteiger partial charge in [-0.2, -0.15) is 0 Å². The molecule has 0 amide bonds. The smallest absolute Gasteiger partial charge is 0.161 e. The monoisotopic (exact) mass is 291 g/mol. The van der Waals surface area contributed by atoms with Crippen molar-refractivity contribution in [3.05, 3.63) is 23.8 Å². The second kappa shape index (κ2) is 6.69. The SMILES string of the molecule is CCC(NCC1(C(C)C)CC1)c1ccc(OC)c(OC)c1. The van der Waals surface area contributed by atoms with Crippen LogP contribution >= 0.6 is 0 Å². The summed E-state index contributed by atoms with van der Waals surface area (Å²) in [7, 11) is 3.36. The summed E-state index contributed by atoms with van der Waals surface area (Å²) in [4.78, 5) is 0. The molecule has 1 aliphatic carbocycles. The van der Waals surface area contributed by atoms with Crippen molar-refractivity contribution in [1.29, 1.82) is 0 Å². The molecule has 1 atom stereocenters. The van der Waals surface area contributed by atoms with Gasteiger partial charge in [-0.05, 0) is 48.3 Å². The van der Waals surface area contributed by atoms with Crippen molar-refractivity contribution in [2.45, 2.75) is 46.1 Å². The summed E-state index contributed by atoms with van der Waals surface area (Å²) >= 11 is 0. The molecule has 0 saturated heterocycles. The summed E-state index contributed by atoms with van der Waals surface area (Å²) in [5, 5.41) is 3.76. The zero-order valence-corrected chi connectivity index (χ0v) is 14.0. The molecule has 0 radical (unpaired) electrons. The van der Waals surface area contributed by atoms with Gasteiger partial charge in [0.1, 0.15) is 0 Å².